The van der Waals surface area contributed by atoms with Crippen LogP contribution in [0, 0.1) is 5.41 Å². The molecule has 0 saturated heterocycles. The topological polar surface area (TPSA) is 33.1 Å². The van der Waals surface area contributed by atoms with Crippen molar-refractivity contribution in [3.63, 3.8) is 0 Å². The van der Waals surface area contributed by atoms with Crippen LogP contribution >= 0.6 is 0 Å². The molecule has 2 rings (SSSR count). The fraction of sp³-hybridized carbons (Fsp3) is 0.643. The minimum Gasteiger partial charge on any atom is -0.389 e. The van der Waals surface area contributed by atoms with Crippen LogP contribution in [-0.2, 0) is 6.42 Å². The number of aromatic nitrogens is 1. The molecule has 1 aliphatic rings. The summed E-state index contributed by atoms with van der Waals surface area (Å²) in [5.41, 5.74) is 0.419. The summed E-state index contributed by atoms with van der Waals surface area (Å²) in [5.74, 6) is 0. The first-order valence-electron chi connectivity index (χ1n) is 6.16. The quantitative estimate of drug-likeness (QED) is 0.829. The molecule has 1 N–H and O–H groups in total. The summed E-state index contributed by atoms with van der Waals surface area (Å²) in [7, 11) is 0. The van der Waals surface area contributed by atoms with E-state index >= 15 is 0 Å². The van der Waals surface area contributed by atoms with E-state index in [9.17, 15) is 5.11 Å². The average molecular weight is 219 g/mol. The minimum atomic E-state index is -0.584. The summed E-state index contributed by atoms with van der Waals surface area (Å²) in [6.45, 7) is 4.35. The fourth-order valence-corrected chi connectivity index (χ4v) is 2.69. The van der Waals surface area contributed by atoms with Crippen LogP contribution in [0.15, 0.2) is 24.4 Å². The van der Waals surface area contributed by atoms with E-state index in [2.05, 4.69) is 18.8 Å². The lowest BCUT2D eigenvalue weighted by Crippen LogP contribution is -2.48. The van der Waals surface area contributed by atoms with E-state index < -0.39 is 5.60 Å². The Morgan fingerprint density at radius 2 is 2.00 bits per heavy atom. The van der Waals surface area contributed by atoms with E-state index in [-0.39, 0.29) is 5.41 Å². The van der Waals surface area contributed by atoms with Crippen molar-refractivity contribution in [1.82, 2.24) is 4.98 Å². The Labute approximate surface area is 97.7 Å². The number of aliphatic hydroxyl groups is 1. The van der Waals surface area contributed by atoms with E-state index in [0.717, 1.165) is 25.0 Å². The summed E-state index contributed by atoms with van der Waals surface area (Å²) < 4.78 is 0. The van der Waals surface area contributed by atoms with Gasteiger partial charge in [-0.2, -0.15) is 0 Å². The maximum absolute atomic E-state index is 10.8. The van der Waals surface area contributed by atoms with Crippen LogP contribution in [0.4, 0.5) is 0 Å². The van der Waals surface area contributed by atoms with Gasteiger partial charge in [0.2, 0.25) is 0 Å². The second-order valence-corrected chi connectivity index (χ2v) is 5.62. The zero-order valence-electron chi connectivity index (χ0n) is 10.2. The third-order valence-corrected chi connectivity index (χ3v) is 4.10. The number of nitrogens with zero attached hydrogens (tertiary/aromatic N) is 1. The molecule has 1 aromatic heterocycles. The van der Waals surface area contributed by atoms with Crippen molar-refractivity contribution >= 4 is 0 Å². The molecule has 1 aliphatic carbocycles. The van der Waals surface area contributed by atoms with Gasteiger partial charge in [0.15, 0.2) is 0 Å². The van der Waals surface area contributed by atoms with Gasteiger partial charge in [0.1, 0.15) is 0 Å². The molecule has 0 bridgehead atoms. The van der Waals surface area contributed by atoms with E-state index in [0.29, 0.717) is 6.42 Å². The Morgan fingerprint density at radius 3 is 2.62 bits per heavy atom. The lowest BCUT2D eigenvalue weighted by molar-refractivity contribution is -0.0964. The summed E-state index contributed by atoms with van der Waals surface area (Å²) in [6.07, 6.45) is 6.85. The first-order chi connectivity index (χ1) is 7.54. The first-order valence-corrected chi connectivity index (χ1v) is 6.16. The number of hydrogen-bond donors (Lipinski definition) is 1. The summed E-state index contributed by atoms with van der Waals surface area (Å²) >= 11 is 0. The standard InChI is InChI=1S/C14H21NO/c1-13(2)8-4-5-9-14(13,16)11-12-7-3-6-10-15-12/h3,6-7,10,16H,4-5,8-9,11H2,1-2H3. The van der Waals surface area contributed by atoms with Crippen LogP contribution < -0.4 is 0 Å². The lowest BCUT2D eigenvalue weighted by Gasteiger charge is -2.46. The third kappa shape index (κ3) is 2.12. The van der Waals surface area contributed by atoms with Crippen molar-refractivity contribution in [2.75, 3.05) is 0 Å². The molecule has 2 heteroatoms. The van der Waals surface area contributed by atoms with Gasteiger partial charge >= 0.3 is 0 Å². The average Bonchev–Trinajstić information content (AvgIpc) is 2.24. The maximum Gasteiger partial charge on any atom is 0.0753 e. The van der Waals surface area contributed by atoms with E-state index in [4.69, 9.17) is 0 Å². The van der Waals surface area contributed by atoms with Gasteiger partial charge in [-0.3, -0.25) is 4.98 Å². The summed E-state index contributed by atoms with van der Waals surface area (Å²) in [6, 6.07) is 5.91. The monoisotopic (exact) mass is 219 g/mol. The molecule has 1 aromatic rings. The van der Waals surface area contributed by atoms with Gasteiger partial charge in [-0.15, -0.1) is 0 Å². The highest BCUT2D eigenvalue weighted by Gasteiger charge is 2.45. The molecule has 88 valence electrons. The Balaban J connectivity index is 2.18. The SMILES string of the molecule is CC1(C)CCCCC1(O)Cc1ccccn1. The zero-order valence-corrected chi connectivity index (χ0v) is 10.2. The molecule has 0 radical (unpaired) electrons. The normalized spacial score (nSPS) is 28.9. The van der Waals surface area contributed by atoms with Crippen LogP contribution in [0.25, 0.3) is 0 Å². The number of rotatable bonds is 2. The zero-order chi connectivity index (χ0) is 11.6. The van der Waals surface area contributed by atoms with Crippen molar-refractivity contribution in [3.8, 4) is 0 Å². The molecule has 1 fully saturated rings. The van der Waals surface area contributed by atoms with Crippen molar-refractivity contribution in [2.45, 2.75) is 51.6 Å². The molecule has 0 amide bonds. The van der Waals surface area contributed by atoms with Crippen molar-refractivity contribution in [3.05, 3.63) is 30.1 Å². The van der Waals surface area contributed by atoms with Gasteiger partial charge in [0, 0.05) is 18.3 Å². The summed E-state index contributed by atoms with van der Waals surface area (Å²) in [5, 5.41) is 10.8. The Morgan fingerprint density at radius 1 is 1.25 bits per heavy atom. The van der Waals surface area contributed by atoms with E-state index in [1.54, 1.807) is 6.20 Å². The molecule has 0 aromatic carbocycles. The van der Waals surface area contributed by atoms with Crippen LogP contribution in [-0.4, -0.2) is 15.7 Å². The van der Waals surface area contributed by atoms with Crippen LogP contribution in [0.5, 0.6) is 0 Å². The first kappa shape index (κ1) is 11.6. The van der Waals surface area contributed by atoms with Gasteiger partial charge in [0.25, 0.3) is 0 Å². The number of pyridine rings is 1. The van der Waals surface area contributed by atoms with Gasteiger partial charge in [-0.1, -0.05) is 32.8 Å². The van der Waals surface area contributed by atoms with Crippen molar-refractivity contribution in [1.29, 1.82) is 0 Å². The van der Waals surface area contributed by atoms with Gasteiger partial charge in [-0.25, -0.2) is 0 Å². The van der Waals surface area contributed by atoms with E-state index in [1.165, 1.54) is 6.42 Å². The number of hydrogen-bond acceptors (Lipinski definition) is 2. The maximum atomic E-state index is 10.8. The Kier molecular flexibility index (Phi) is 3.02. The molecule has 2 nitrogen and oxygen atoms in total. The van der Waals surface area contributed by atoms with Gasteiger partial charge < -0.3 is 5.11 Å². The molecule has 0 aliphatic heterocycles. The van der Waals surface area contributed by atoms with Crippen LogP contribution in [0.3, 0.4) is 0 Å². The second-order valence-electron chi connectivity index (χ2n) is 5.62. The molecule has 1 heterocycles. The predicted molar refractivity (Wildman–Crippen MR) is 65.1 cm³/mol. The molecular weight excluding hydrogens is 198 g/mol. The fourth-order valence-electron chi connectivity index (χ4n) is 2.69. The van der Waals surface area contributed by atoms with E-state index in [1.807, 2.05) is 18.2 Å². The summed E-state index contributed by atoms with van der Waals surface area (Å²) in [4.78, 5) is 4.32. The second kappa shape index (κ2) is 4.17. The molecule has 16 heavy (non-hydrogen) atoms. The van der Waals surface area contributed by atoms with Gasteiger partial charge in [-0.05, 0) is 30.4 Å². The molecule has 1 saturated carbocycles. The highest BCUT2D eigenvalue weighted by Crippen LogP contribution is 2.45. The van der Waals surface area contributed by atoms with Crippen LogP contribution in [0.2, 0.25) is 0 Å². The lowest BCUT2D eigenvalue weighted by atomic mass is 9.63. The molecule has 1 unspecified atom stereocenters. The highest BCUT2D eigenvalue weighted by atomic mass is 16.3. The molecule has 1 atom stereocenters. The molecular formula is C14H21NO. The smallest absolute Gasteiger partial charge is 0.0753 e. The minimum absolute atomic E-state index is 0.00275. The molecule has 0 spiro atoms. The Hall–Kier alpha value is -0.890. The third-order valence-electron chi connectivity index (χ3n) is 4.10. The Bertz CT molecular complexity index is 347. The predicted octanol–water partition coefficient (Wildman–Crippen LogP) is 2.96. The largest absolute Gasteiger partial charge is 0.389 e. The highest BCUT2D eigenvalue weighted by molar-refractivity contribution is 5.10. The van der Waals surface area contributed by atoms with Gasteiger partial charge in [0.05, 0.1) is 5.60 Å². The van der Waals surface area contributed by atoms with Crippen molar-refractivity contribution in [2.24, 2.45) is 5.41 Å². The van der Waals surface area contributed by atoms with Crippen molar-refractivity contribution < 1.29 is 5.11 Å². The van der Waals surface area contributed by atoms with Crippen LogP contribution in [0.1, 0.15) is 45.2 Å².